The molecule has 6 nitrogen and oxygen atoms in total. The summed E-state index contributed by atoms with van der Waals surface area (Å²) in [4.78, 5) is 12.3. The van der Waals surface area contributed by atoms with E-state index in [4.69, 9.17) is 10.6 Å². The zero-order valence-electron chi connectivity index (χ0n) is 5.91. The van der Waals surface area contributed by atoms with Gasteiger partial charge in [0, 0.05) is 18.2 Å². The smallest absolute Gasteiger partial charge is 0.324 e. The fourth-order valence-electron chi connectivity index (χ4n) is 0.786. The third kappa shape index (κ3) is 1.45. The van der Waals surface area contributed by atoms with Gasteiger partial charge in [-0.1, -0.05) is 0 Å². The van der Waals surface area contributed by atoms with E-state index >= 15 is 0 Å². The van der Waals surface area contributed by atoms with Gasteiger partial charge in [0.15, 0.2) is 6.10 Å². The lowest BCUT2D eigenvalue weighted by Gasteiger charge is -2.00. The molecular formula is C6H5N3O3. The van der Waals surface area contributed by atoms with Crippen LogP contribution in [0.25, 0.3) is 5.53 Å². The van der Waals surface area contributed by atoms with Crippen molar-refractivity contribution in [3.63, 3.8) is 0 Å². The van der Waals surface area contributed by atoms with E-state index in [0.717, 1.165) is 12.2 Å². The Morgan fingerprint density at radius 3 is 2.75 bits per heavy atom. The highest BCUT2D eigenvalue weighted by Crippen LogP contribution is 2.07. The molecule has 62 valence electrons. The minimum Gasteiger partial charge on any atom is -0.377 e. The highest BCUT2D eigenvalue weighted by Gasteiger charge is 2.24. The molecule has 1 rings (SSSR count). The van der Waals surface area contributed by atoms with Gasteiger partial charge in [-0.15, -0.1) is 0 Å². The molecule has 0 aromatic carbocycles. The Morgan fingerprint density at radius 2 is 2.33 bits per heavy atom. The standard InChI is InChI=1S/C6H5N3O3/c7-8-5-2-1-4(9(11)12)3-6(5)10/h1-3,6,10H. The molecular weight excluding hydrogens is 162 g/mol. The molecule has 0 aromatic heterocycles. The Balaban J connectivity index is 2.98. The second-order valence-electron chi connectivity index (χ2n) is 2.15. The molecule has 0 fully saturated rings. The molecule has 0 radical (unpaired) electrons. The Morgan fingerprint density at radius 1 is 1.67 bits per heavy atom. The van der Waals surface area contributed by atoms with Gasteiger partial charge < -0.3 is 10.6 Å². The van der Waals surface area contributed by atoms with Crippen LogP contribution in [0.15, 0.2) is 23.9 Å². The van der Waals surface area contributed by atoms with Crippen molar-refractivity contribution in [1.29, 1.82) is 0 Å². The van der Waals surface area contributed by atoms with Crippen molar-refractivity contribution >= 4 is 5.71 Å². The molecule has 0 heterocycles. The van der Waals surface area contributed by atoms with E-state index in [9.17, 15) is 10.1 Å². The number of hydrogen-bond donors (Lipinski definition) is 1. The van der Waals surface area contributed by atoms with Crippen LogP contribution < -0.4 is 0 Å². The van der Waals surface area contributed by atoms with Crippen molar-refractivity contribution in [2.75, 3.05) is 0 Å². The molecule has 0 aliphatic heterocycles. The zero-order chi connectivity index (χ0) is 9.14. The average molecular weight is 167 g/mol. The minimum absolute atomic E-state index is 0.0133. The Labute approximate surface area is 67.2 Å². The summed E-state index contributed by atoms with van der Waals surface area (Å²) >= 11 is 0. The van der Waals surface area contributed by atoms with Crippen molar-refractivity contribution in [1.82, 2.24) is 0 Å². The average Bonchev–Trinajstić information content (AvgIpc) is 2.04. The molecule has 1 aliphatic rings. The van der Waals surface area contributed by atoms with Crippen LogP contribution in [-0.2, 0) is 0 Å². The first-order chi connectivity index (χ1) is 5.65. The number of aliphatic hydroxyl groups is 1. The molecule has 1 unspecified atom stereocenters. The fourth-order valence-corrected chi connectivity index (χ4v) is 0.786. The molecule has 0 saturated carbocycles. The quantitative estimate of drug-likeness (QED) is 0.252. The molecule has 12 heavy (non-hydrogen) atoms. The summed E-state index contributed by atoms with van der Waals surface area (Å²) in [5.74, 6) is 0. The third-order valence-electron chi connectivity index (χ3n) is 1.38. The van der Waals surface area contributed by atoms with Gasteiger partial charge in [0.2, 0.25) is 0 Å². The molecule has 1 atom stereocenters. The van der Waals surface area contributed by atoms with Crippen molar-refractivity contribution in [2.45, 2.75) is 6.10 Å². The van der Waals surface area contributed by atoms with Gasteiger partial charge in [-0.2, -0.15) is 4.79 Å². The zero-order valence-corrected chi connectivity index (χ0v) is 5.91. The Bertz CT molecular complexity index is 325. The maximum absolute atomic E-state index is 10.2. The lowest BCUT2D eigenvalue weighted by atomic mass is 10.1. The van der Waals surface area contributed by atoms with Gasteiger partial charge in [0.1, 0.15) is 0 Å². The van der Waals surface area contributed by atoms with E-state index in [1.54, 1.807) is 0 Å². The number of allylic oxidation sites excluding steroid dienone is 1. The summed E-state index contributed by atoms with van der Waals surface area (Å²) in [5, 5.41) is 19.2. The molecule has 1 N–H and O–H groups in total. The summed E-state index contributed by atoms with van der Waals surface area (Å²) in [6.07, 6.45) is 2.12. The van der Waals surface area contributed by atoms with E-state index in [1.807, 2.05) is 0 Å². The van der Waals surface area contributed by atoms with E-state index in [-0.39, 0.29) is 11.4 Å². The summed E-state index contributed by atoms with van der Waals surface area (Å²) < 4.78 is 0. The van der Waals surface area contributed by atoms with Crippen LogP contribution in [0.4, 0.5) is 0 Å². The monoisotopic (exact) mass is 167 g/mol. The van der Waals surface area contributed by atoms with E-state index < -0.39 is 11.0 Å². The highest BCUT2D eigenvalue weighted by atomic mass is 16.6. The van der Waals surface area contributed by atoms with E-state index in [0.29, 0.717) is 0 Å². The molecule has 6 heteroatoms. The summed E-state index contributed by atoms with van der Waals surface area (Å²) in [5.41, 5.74) is 8.04. The number of hydrogen-bond acceptors (Lipinski definition) is 3. The maximum Gasteiger partial charge on any atom is 0.324 e. The fraction of sp³-hybridized carbons (Fsp3) is 0.167. The number of nitrogens with zero attached hydrogens (tertiary/aromatic N) is 3. The van der Waals surface area contributed by atoms with Crippen LogP contribution in [0.3, 0.4) is 0 Å². The molecule has 0 bridgehead atoms. The van der Waals surface area contributed by atoms with Gasteiger partial charge in [-0.05, 0) is 0 Å². The second kappa shape index (κ2) is 3.08. The highest BCUT2D eigenvalue weighted by molar-refractivity contribution is 5.96. The summed E-state index contributed by atoms with van der Waals surface area (Å²) in [6, 6.07) is 0. The van der Waals surface area contributed by atoms with E-state index in [1.165, 1.54) is 6.08 Å². The van der Waals surface area contributed by atoms with Crippen LogP contribution in [0.2, 0.25) is 0 Å². The predicted octanol–water partition coefficient (Wildman–Crippen LogP) is -0.252. The molecule has 1 aliphatic carbocycles. The summed E-state index contributed by atoms with van der Waals surface area (Å²) in [6.45, 7) is 0. The van der Waals surface area contributed by atoms with Gasteiger partial charge in [-0.3, -0.25) is 10.1 Å². The van der Waals surface area contributed by atoms with Crippen molar-refractivity contribution in [3.05, 3.63) is 39.6 Å². The molecule has 0 amide bonds. The Hall–Kier alpha value is -1.78. The minimum atomic E-state index is -1.21. The van der Waals surface area contributed by atoms with Crippen LogP contribution >= 0.6 is 0 Å². The largest absolute Gasteiger partial charge is 0.377 e. The van der Waals surface area contributed by atoms with Gasteiger partial charge in [-0.25, -0.2) is 0 Å². The van der Waals surface area contributed by atoms with Crippen molar-refractivity contribution < 1.29 is 14.8 Å². The first kappa shape index (κ1) is 8.32. The first-order valence-corrected chi connectivity index (χ1v) is 3.09. The lowest BCUT2D eigenvalue weighted by Crippen LogP contribution is -2.21. The first-order valence-electron chi connectivity index (χ1n) is 3.09. The van der Waals surface area contributed by atoms with Crippen molar-refractivity contribution in [3.8, 4) is 0 Å². The van der Waals surface area contributed by atoms with Crippen LogP contribution in [0, 0.1) is 10.1 Å². The Kier molecular flexibility index (Phi) is 2.14. The second-order valence-corrected chi connectivity index (χ2v) is 2.15. The maximum atomic E-state index is 10.2. The van der Waals surface area contributed by atoms with Crippen molar-refractivity contribution in [2.24, 2.45) is 0 Å². The van der Waals surface area contributed by atoms with E-state index in [2.05, 4.69) is 4.79 Å². The summed E-state index contributed by atoms with van der Waals surface area (Å²) in [7, 11) is 0. The van der Waals surface area contributed by atoms with Crippen LogP contribution in [-0.4, -0.2) is 26.6 Å². The lowest BCUT2D eigenvalue weighted by molar-refractivity contribution is -0.419. The molecule has 0 saturated heterocycles. The third-order valence-corrected chi connectivity index (χ3v) is 1.38. The number of rotatable bonds is 1. The van der Waals surface area contributed by atoms with Gasteiger partial charge in [0.05, 0.1) is 4.92 Å². The van der Waals surface area contributed by atoms with Crippen LogP contribution in [0.1, 0.15) is 0 Å². The topological polar surface area (TPSA) is 99.8 Å². The normalized spacial score (nSPS) is 21.6. The molecule has 0 spiro atoms. The number of nitro groups is 1. The molecule has 0 aromatic rings. The van der Waals surface area contributed by atoms with Gasteiger partial charge >= 0.3 is 5.71 Å². The van der Waals surface area contributed by atoms with Gasteiger partial charge in [0.25, 0.3) is 5.70 Å². The SMILES string of the molecule is [N-]=[N+]=C1C=CC([N+](=O)[O-])=CC1O. The predicted molar refractivity (Wildman–Crippen MR) is 38.9 cm³/mol. The number of aliphatic hydroxyl groups excluding tert-OH is 1. The van der Waals surface area contributed by atoms with Crippen LogP contribution in [0.5, 0.6) is 0 Å².